The normalized spacial score (nSPS) is 10.7. The minimum atomic E-state index is -3.84. The molecule has 6 N–H and O–H groups in total. The predicted molar refractivity (Wildman–Crippen MR) is 149 cm³/mol. The molecule has 0 amide bonds. The van der Waals surface area contributed by atoms with Crippen molar-refractivity contribution in [1.82, 2.24) is 15.0 Å². The number of hydrogen-bond acceptors (Lipinski definition) is 10. The van der Waals surface area contributed by atoms with E-state index in [-0.39, 0.29) is 16.6 Å². The molecule has 4 aromatic rings. The molecule has 0 atom stereocenters. The lowest BCUT2D eigenvalue weighted by Crippen LogP contribution is -2.12. The Bertz CT molecular complexity index is 1650. The molecule has 13 nitrogen and oxygen atoms in total. The Morgan fingerprint density at radius 2 is 1.29 bits per heavy atom. The molecule has 0 aliphatic carbocycles. The van der Waals surface area contributed by atoms with Gasteiger partial charge in [-0.1, -0.05) is 23.2 Å². The summed E-state index contributed by atoms with van der Waals surface area (Å²) in [6.45, 7) is -0.964. The summed E-state index contributed by atoms with van der Waals surface area (Å²) in [6, 6.07) is 12.2. The number of aromatic nitrogens is 3. The minimum Gasteiger partial charge on any atom is -0.481 e. The minimum absolute atomic E-state index is 0.133. The van der Waals surface area contributed by atoms with Crippen LogP contribution >= 0.6 is 23.2 Å². The van der Waals surface area contributed by atoms with Crippen LogP contribution in [0, 0.1) is 0 Å². The van der Waals surface area contributed by atoms with E-state index in [4.69, 9.17) is 53.8 Å². The highest BCUT2D eigenvalue weighted by Crippen LogP contribution is 2.33. The van der Waals surface area contributed by atoms with Gasteiger partial charge in [0.05, 0.1) is 5.69 Å². The van der Waals surface area contributed by atoms with E-state index in [1.165, 1.54) is 36.7 Å². The van der Waals surface area contributed by atoms with Gasteiger partial charge in [0.25, 0.3) is 0 Å². The summed E-state index contributed by atoms with van der Waals surface area (Å²) in [6.07, 6.45) is 4.13. The number of carboxylic acids is 2. The lowest BCUT2D eigenvalue weighted by Gasteiger charge is -2.10. The maximum atomic E-state index is 11.2. The first-order chi connectivity index (χ1) is 19.3. The van der Waals surface area contributed by atoms with Gasteiger partial charge in [-0.2, -0.15) is 0 Å². The van der Waals surface area contributed by atoms with Gasteiger partial charge in [0, 0.05) is 45.3 Å². The summed E-state index contributed by atoms with van der Waals surface area (Å²) in [4.78, 5) is 32.7. The first-order valence-electron chi connectivity index (χ1n) is 11.2. The zero-order valence-corrected chi connectivity index (χ0v) is 23.1. The Kier molecular flexibility index (Phi) is 10.4. The molecular formula is C25H21Cl2N5O8S. The molecule has 0 unspecified atom stereocenters. The Morgan fingerprint density at radius 3 is 1.76 bits per heavy atom. The van der Waals surface area contributed by atoms with Crippen LogP contribution < -0.4 is 20.3 Å². The molecule has 2 aromatic heterocycles. The zero-order chi connectivity index (χ0) is 30.2. The number of ether oxygens (including phenoxy) is 2. The number of hydrogen-bond donors (Lipinski definition) is 4. The summed E-state index contributed by atoms with van der Waals surface area (Å²) in [7, 11) is -3.84. The van der Waals surface area contributed by atoms with E-state index in [0.717, 1.165) is 6.20 Å². The number of aliphatic carboxylic acids is 2. The zero-order valence-electron chi connectivity index (χ0n) is 20.8. The quantitative estimate of drug-likeness (QED) is 0.211. The third kappa shape index (κ3) is 9.29. The number of anilines is 1. The van der Waals surface area contributed by atoms with Gasteiger partial charge < -0.3 is 25.4 Å². The van der Waals surface area contributed by atoms with Crippen molar-refractivity contribution in [2.75, 3.05) is 18.9 Å². The second kappa shape index (κ2) is 13.7. The van der Waals surface area contributed by atoms with Crippen molar-refractivity contribution in [3.63, 3.8) is 0 Å². The second-order valence-corrected chi connectivity index (χ2v) is 10.3. The van der Waals surface area contributed by atoms with Crippen LogP contribution in [0.3, 0.4) is 0 Å². The van der Waals surface area contributed by atoms with Crippen molar-refractivity contribution in [3.8, 4) is 33.9 Å². The Labute approximate surface area is 243 Å². The van der Waals surface area contributed by atoms with Crippen LogP contribution in [0.5, 0.6) is 11.5 Å². The fraction of sp³-hybridized carbons (Fsp3) is 0.0800. The Balaban J connectivity index is 0.000000228. The second-order valence-electron chi connectivity index (χ2n) is 7.90. The molecule has 0 fully saturated rings. The van der Waals surface area contributed by atoms with E-state index >= 15 is 0 Å². The van der Waals surface area contributed by atoms with Crippen LogP contribution in [0.15, 0.2) is 72.0 Å². The number of carbonyl (C=O) groups is 2. The van der Waals surface area contributed by atoms with E-state index in [0.29, 0.717) is 38.2 Å². The number of sulfonamides is 1. The van der Waals surface area contributed by atoms with Crippen molar-refractivity contribution in [2.45, 2.75) is 4.90 Å². The largest absolute Gasteiger partial charge is 0.481 e. The number of rotatable bonds is 9. The molecule has 0 aliphatic heterocycles. The summed E-state index contributed by atoms with van der Waals surface area (Å²) in [5.74, 6) is -1.38. The highest BCUT2D eigenvalue weighted by molar-refractivity contribution is 7.89. The molecule has 0 aliphatic rings. The van der Waals surface area contributed by atoms with Gasteiger partial charge in [-0.15, -0.1) is 0 Å². The lowest BCUT2D eigenvalue weighted by atomic mass is 10.1. The molecule has 2 heterocycles. The number of nitrogens with zero attached hydrogens (tertiary/aromatic N) is 3. The number of benzene rings is 2. The van der Waals surface area contributed by atoms with Gasteiger partial charge in [0.1, 0.15) is 16.4 Å². The molecule has 41 heavy (non-hydrogen) atoms. The van der Waals surface area contributed by atoms with Crippen LogP contribution in [0.4, 0.5) is 5.95 Å². The maximum Gasteiger partial charge on any atom is 0.341 e. The molecule has 0 saturated heterocycles. The first kappa shape index (κ1) is 31.0. The highest BCUT2D eigenvalue weighted by atomic mass is 35.5. The molecule has 0 radical (unpaired) electrons. The van der Waals surface area contributed by atoms with Gasteiger partial charge in [0.2, 0.25) is 16.0 Å². The monoisotopic (exact) mass is 621 g/mol. The smallest absolute Gasteiger partial charge is 0.341 e. The molecule has 0 bridgehead atoms. The molecular weight excluding hydrogens is 601 g/mol. The topological polar surface area (TPSA) is 218 Å². The standard InChI is InChI=1S/C13H11ClN2O5S.C12H10ClN3O3/c14-8-1-4-12(21-7-13(17)18)10(5-8)11-3-2-9(6-16-11)22(15,19)20;13-8-1-2-10(19-6-11(17)18)9(3-8)7-4-15-12(14)16-5-7/h1-6H,7H2,(H,17,18)(H2,15,19,20);1-5H,6H2,(H,17,18)(H2,14,15,16). The van der Waals surface area contributed by atoms with Crippen LogP contribution in [0.1, 0.15) is 0 Å². The van der Waals surface area contributed by atoms with E-state index in [9.17, 15) is 18.0 Å². The van der Waals surface area contributed by atoms with Gasteiger partial charge in [-0.05, 0) is 48.5 Å². The van der Waals surface area contributed by atoms with Gasteiger partial charge in [-0.3, -0.25) is 4.98 Å². The molecule has 0 saturated carbocycles. The summed E-state index contributed by atoms with van der Waals surface area (Å²) >= 11 is 11.8. The molecule has 214 valence electrons. The summed E-state index contributed by atoms with van der Waals surface area (Å²) < 4.78 is 32.8. The Morgan fingerprint density at radius 1 is 0.780 bits per heavy atom. The van der Waals surface area contributed by atoms with E-state index in [1.807, 2.05) is 0 Å². The SMILES string of the molecule is NS(=O)(=O)c1ccc(-c2cc(Cl)ccc2OCC(=O)O)nc1.Nc1ncc(-c2cc(Cl)ccc2OCC(=O)O)cn1. The van der Waals surface area contributed by atoms with Crippen LogP contribution in [-0.2, 0) is 19.6 Å². The number of carboxylic acid groups (broad SMARTS) is 2. The average Bonchev–Trinajstić information content (AvgIpc) is 2.92. The molecule has 16 heteroatoms. The third-order valence-electron chi connectivity index (χ3n) is 4.91. The third-order valence-corrected chi connectivity index (χ3v) is 6.28. The number of halogens is 2. The van der Waals surface area contributed by atoms with Gasteiger partial charge in [0.15, 0.2) is 13.2 Å². The highest BCUT2D eigenvalue weighted by Gasteiger charge is 2.13. The predicted octanol–water partition coefficient (Wildman–Crippen LogP) is 3.36. The van der Waals surface area contributed by atoms with E-state index in [1.54, 1.807) is 24.3 Å². The van der Waals surface area contributed by atoms with E-state index < -0.39 is 35.2 Å². The van der Waals surface area contributed by atoms with Crippen LogP contribution in [0.25, 0.3) is 22.4 Å². The average molecular weight is 622 g/mol. The fourth-order valence-corrected chi connectivity index (χ4v) is 3.95. The van der Waals surface area contributed by atoms with Crippen molar-refractivity contribution in [1.29, 1.82) is 0 Å². The van der Waals surface area contributed by atoms with Crippen molar-refractivity contribution in [3.05, 3.63) is 77.2 Å². The van der Waals surface area contributed by atoms with Crippen molar-refractivity contribution in [2.24, 2.45) is 5.14 Å². The summed E-state index contributed by atoms with van der Waals surface area (Å²) in [5, 5.41) is 23.2. The number of nitrogens with two attached hydrogens (primary N) is 2. The first-order valence-corrected chi connectivity index (χ1v) is 13.5. The molecule has 2 aromatic carbocycles. The molecule has 0 spiro atoms. The van der Waals surface area contributed by atoms with Crippen LogP contribution in [0.2, 0.25) is 10.0 Å². The summed E-state index contributed by atoms with van der Waals surface area (Å²) in [5.41, 5.74) is 7.47. The Hall–Kier alpha value is -4.50. The fourth-order valence-electron chi connectivity index (χ4n) is 3.15. The van der Waals surface area contributed by atoms with Crippen molar-refractivity contribution >= 4 is 51.1 Å². The maximum absolute atomic E-state index is 11.2. The molecule has 4 rings (SSSR count). The van der Waals surface area contributed by atoms with Crippen molar-refractivity contribution < 1.29 is 37.7 Å². The number of primary sulfonamides is 1. The number of nitrogen functional groups attached to an aromatic ring is 1. The van der Waals surface area contributed by atoms with Gasteiger partial charge >= 0.3 is 11.9 Å². The number of pyridine rings is 1. The van der Waals surface area contributed by atoms with Crippen LogP contribution in [-0.4, -0.2) is 58.7 Å². The van der Waals surface area contributed by atoms with Gasteiger partial charge in [-0.25, -0.2) is 33.1 Å². The van der Waals surface area contributed by atoms with E-state index in [2.05, 4.69) is 15.0 Å². The lowest BCUT2D eigenvalue weighted by molar-refractivity contribution is -0.140.